The van der Waals surface area contributed by atoms with Crippen LogP contribution in [-0.2, 0) is 0 Å². The van der Waals surface area contributed by atoms with Crippen LogP contribution >= 0.6 is 22.6 Å². The van der Waals surface area contributed by atoms with E-state index in [9.17, 15) is 4.39 Å². The molecule has 0 aliphatic rings. The van der Waals surface area contributed by atoms with Gasteiger partial charge in [0.25, 0.3) is 0 Å². The van der Waals surface area contributed by atoms with Gasteiger partial charge < -0.3 is 9.72 Å². The van der Waals surface area contributed by atoms with Gasteiger partial charge in [-0.25, -0.2) is 4.39 Å². The minimum absolute atomic E-state index is 0.251. The smallest absolute Gasteiger partial charge is 0.147 e. The third kappa shape index (κ3) is 1.39. The quantitative estimate of drug-likeness (QED) is 0.803. The van der Waals surface area contributed by atoms with Gasteiger partial charge in [0.1, 0.15) is 11.6 Å². The molecule has 13 heavy (non-hydrogen) atoms. The number of methoxy groups -OCH3 is 1. The van der Waals surface area contributed by atoms with Gasteiger partial charge in [0.15, 0.2) is 0 Å². The summed E-state index contributed by atoms with van der Waals surface area (Å²) in [5.74, 6) is 0.439. The molecule has 0 aliphatic carbocycles. The Kier molecular flexibility index (Phi) is 2.15. The van der Waals surface area contributed by atoms with Gasteiger partial charge in [-0.15, -0.1) is 0 Å². The Labute approximate surface area is 88.2 Å². The van der Waals surface area contributed by atoms with Gasteiger partial charge in [-0.05, 0) is 40.8 Å². The SMILES string of the molecule is COc1ccc(F)c2[nH]c(I)cc12. The van der Waals surface area contributed by atoms with E-state index in [0.29, 0.717) is 11.3 Å². The van der Waals surface area contributed by atoms with Crippen molar-refractivity contribution in [2.75, 3.05) is 7.11 Å². The third-order valence-corrected chi connectivity index (χ3v) is 2.47. The Balaban J connectivity index is 2.83. The van der Waals surface area contributed by atoms with Crippen molar-refractivity contribution < 1.29 is 9.13 Å². The number of benzene rings is 1. The van der Waals surface area contributed by atoms with Crippen LogP contribution in [0, 0.1) is 9.52 Å². The number of nitrogens with one attached hydrogen (secondary N) is 1. The Morgan fingerprint density at radius 2 is 2.23 bits per heavy atom. The van der Waals surface area contributed by atoms with Gasteiger partial charge in [0.05, 0.1) is 16.3 Å². The van der Waals surface area contributed by atoms with E-state index in [1.54, 1.807) is 13.2 Å². The van der Waals surface area contributed by atoms with Crippen LogP contribution < -0.4 is 4.74 Å². The molecule has 0 atom stereocenters. The second-order valence-electron chi connectivity index (χ2n) is 2.66. The van der Waals surface area contributed by atoms with Crippen LogP contribution in [0.3, 0.4) is 0 Å². The molecule has 2 nitrogen and oxygen atoms in total. The molecule has 2 aromatic rings. The van der Waals surface area contributed by atoms with Gasteiger partial charge in [-0.2, -0.15) is 0 Å². The molecule has 1 N–H and O–H groups in total. The molecule has 4 heteroatoms. The fourth-order valence-corrected chi connectivity index (χ4v) is 1.89. The Morgan fingerprint density at radius 1 is 1.46 bits per heavy atom. The van der Waals surface area contributed by atoms with Crippen molar-refractivity contribution in [1.29, 1.82) is 0 Å². The van der Waals surface area contributed by atoms with Crippen LogP contribution in [0.4, 0.5) is 4.39 Å². The average Bonchev–Trinajstić information content (AvgIpc) is 2.48. The third-order valence-electron chi connectivity index (χ3n) is 1.89. The maximum absolute atomic E-state index is 13.2. The zero-order chi connectivity index (χ0) is 9.42. The first-order valence-electron chi connectivity index (χ1n) is 3.73. The molecule has 1 aromatic heterocycles. The molecule has 2 rings (SSSR count). The van der Waals surface area contributed by atoms with Gasteiger partial charge in [0.2, 0.25) is 0 Å². The fourth-order valence-electron chi connectivity index (χ4n) is 1.30. The summed E-state index contributed by atoms with van der Waals surface area (Å²) in [5, 5.41) is 0.784. The summed E-state index contributed by atoms with van der Waals surface area (Å²) in [7, 11) is 1.58. The summed E-state index contributed by atoms with van der Waals surface area (Å²) in [5.41, 5.74) is 0.503. The van der Waals surface area contributed by atoms with Gasteiger partial charge >= 0.3 is 0 Å². The van der Waals surface area contributed by atoms with E-state index in [-0.39, 0.29) is 5.82 Å². The zero-order valence-corrected chi connectivity index (χ0v) is 9.05. The molecule has 0 saturated carbocycles. The highest BCUT2D eigenvalue weighted by atomic mass is 127. The molecular formula is C9H7FINO. The van der Waals surface area contributed by atoms with E-state index in [4.69, 9.17) is 4.74 Å². The number of halogens is 2. The molecule has 0 radical (unpaired) electrons. The van der Waals surface area contributed by atoms with Crippen molar-refractivity contribution in [2.45, 2.75) is 0 Å². The maximum Gasteiger partial charge on any atom is 0.147 e. The van der Waals surface area contributed by atoms with Crippen LogP contribution in [-0.4, -0.2) is 12.1 Å². The van der Waals surface area contributed by atoms with Crippen LogP contribution in [0.5, 0.6) is 5.75 Å². The summed E-state index contributed by atoms with van der Waals surface area (Å²) in [6.45, 7) is 0. The number of ether oxygens (including phenoxy) is 1. The number of H-pyrrole nitrogens is 1. The summed E-state index contributed by atoms with van der Waals surface area (Å²) < 4.78 is 19.2. The van der Waals surface area contributed by atoms with E-state index in [1.807, 2.05) is 6.07 Å². The predicted molar refractivity (Wildman–Crippen MR) is 57.5 cm³/mol. The lowest BCUT2D eigenvalue weighted by Crippen LogP contribution is -1.85. The lowest BCUT2D eigenvalue weighted by molar-refractivity contribution is 0.419. The van der Waals surface area contributed by atoms with E-state index in [0.717, 1.165) is 9.09 Å². The van der Waals surface area contributed by atoms with Crippen molar-refractivity contribution in [3.63, 3.8) is 0 Å². The first kappa shape index (κ1) is 8.80. The minimum Gasteiger partial charge on any atom is -0.496 e. The van der Waals surface area contributed by atoms with Gasteiger partial charge in [-0.3, -0.25) is 0 Å². The largest absolute Gasteiger partial charge is 0.496 e. The lowest BCUT2D eigenvalue weighted by atomic mass is 10.2. The summed E-state index contributed by atoms with van der Waals surface area (Å²) in [6, 6.07) is 4.88. The summed E-state index contributed by atoms with van der Waals surface area (Å²) in [4.78, 5) is 2.93. The molecule has 1 aromatic carbocycles. The molecule has 68 valence electrons. The number of rotatable bonds is 1. The van der Waals surface area contributed by atoms with Crippen LogP contribution in [0.2, 0.25) is 0 Å². The highest BCUT2D eigenvalue weighted by Gasteiger charge is 2.08. The number of fused-ring (bicyclic) bond motifs is 1. The molecule has 0 fully saturated rings. The minimum atomic E-state index is -0.251. The number of aromatic amines is 1. The van der Waals surface area contributed by atoms with Crippen LogP contribution in [0.25, 0.3) is 10.9 Å². The van der Waals surface area contributed by atoms with E-state index in [1.165, 1.54) is 6.07 Å². The Bertz CT molecular complexity index is 452. The molecule has 0 saturated heterocycles. The highest BCUT2D eigenvalue weighted by molar-refractivity contribution is 14.1. The number of hydrogen-bond acceptors (Lipinski definition) is 1. The molecule has 0 amide bonds. The van der Waals surface area contributed by atoms with Crippen molar-refractivity contribution in [1.82, 2.24) is 4.98 Å². The van der Waals surface area contributed by atoms with E-state index < -0.39 is 0 Å². The molecule has 0 aliphatic heterocycles. The Morgan fingerprint density at radius 3 is 2.92 bits per heavy atom. The van der Waals surface area contributed by atoms with Crippen molar-refractivity contribution in [3.05, 3.63) is 27.7 Å². The van der Waals surface area contributed by atoms with Crippen molar-refractivity contribution in [3.8, 4) is 5.75 Å². The van der Waals surface area contributed by atoms with E-state index in [2.05, 4.69) is 27.6 Å². The second-order valence-corrected chi connectivity index (χ2v) is 3.82. The first-order chi connectivity index (χ1) is 6.22. The normalized spacial score (nSPS) is 10.7. The fraction of sp³-hybridized carbons (Fsp3) is 0.111. The standard InChI is InChI=1S/C9H7FINO/c1-13-7-3-2-6(10)9-5(7)4-8(11)12-9/h2-4,12H,1H3. The van der Waals surface area contributed by atoms with Crippen LogP contribution in [0.15, 0.2) is 18.2 Å². The van der Waals surface area contributed by atoms with Crippen LogP contribution in [0.1, 0.15) is 0 Å². The molecule has 0 bridgehead atoms. The van der Waals surface area contributed by atoms with Crippen molar-refractivity contribution in [2.24, 2.45) is 0 Å². The zero-order valence-electron chi connectivity index (χ0n) is 6.90. The van der Waals surface area contributed by atoms with E-state index >= 15 is 0 Å². The second kappa shape index (κ2) is 3.17. The number of aromatic nitrogens is 1. The molecular weight excluding hydrogens is 284 g/mol. The molecule has 0 spiro atoms. The molecule has 0 unspecified atom stereocenters. The number of hydrogen-bond donors (Lipinski definition) is 1. The predicted octanol–water partition coefficient (Wildman–Crippen LogP) is 2.92. The average molecular weight is 291 g/mol. The van der Waals surface area contributed by atoms with Gasteiger partial charge in [-0.1, -0.05) is 0 Å². The topological polar surface area (TPSA) is 25.0 Å². The van der Waals surface area contributed by atoms with Crippen molar-refractivity contribution >= 4 is 33.5 Å². The highest BCUT2D eigenvalue weighted by Crippen LogP contribution is 2.28. The first-order valence-corrected chi connectivity index (χ1v) is 4.81. The maximum atomic E-state index is 13.2. The summed E-state index contributed by atoms with van der Waals surface area (Å²) >= 11 is 2.10. The van der Waals surface area contributed by atoms with Gasteiger partial charge in [0, 0.05) is 5.39 Å². The Hall–Kier alpha value is -0.780. The lowest BCUT2D eigenvalue weighted by Gasteiger charge is -2.00. The molecule has 1 heterocycles. The monoisotopic (exact) mass is 291 g/mol. The summed E-state index contributed by atoms with van der Waals surface area (Å²) in [6.07, 6.45) is 0.